The van der Waals surface area contributed by atoms with Crippen molar-refractivity contribution in [2.75, 3.05) is 0 Å². The Morgan fingerprint density at radius 1 is 1.10 bits per heavy atom. The Bertz CT molecular complexity index is 570. The number of hydrazone groups is 1. The Kier molecular flexibility index (Phi) is 5.38. The molecule has 102 valence electrons. The van der Waals surface area contributed by atoms with E-state index in [4.69, 9.17) is 0 Å². The van der Waals surface area contributed by atoms with E-state index in [0.717, 1.165) is 10.5 Å². The number of hydrogen-bond donors (Lipinski definition) is 1. The van der Waals surface area contributed by atoms with Crippen LogP contribution in [0.5, 0.6) is 0 Å². The summed E-state index contributed by atoms with van der Waals surface area (Å²) in [6, 6.07) is 19.5. The summed E-state index contributed by atoms with van der Waals surface area (Å²) in [5.41, 5.74) is 3.52. The summed E-state index contributed by atoms with van der Waals surface area (Å²) in [7, 11) is 0. The molecule has 2 rings (SSSR count). The van der Waals surface area contributed by atoms with Gasteiger partial charge < -0.3 is 0 Å². The summed E-state index contributed by atoms with van der Waals surface area (Å²) in [6.07, 6.45) is 1.64. The number of carbonyl (C=O) groups excluding carboxylic acids is 1. The second-order valence-corrected chi connectivity index (χ2v) is 5.63. The molecule has 0 aliphatic heterocycles. The van der Waals surface area contributed by atoms with Gasteiger partial charge in [-0.05, 0) is 24.6 Å². The van der Waals surface area contributed by atoms with Gasteiger partial charge in [0.25, 0.3) is 5.91 Å². The molecule has 0 fully saturated rings. The number of thioether (sulfide) groups is 1. The SMILES string of the molecule is C[C@H](Sc1ccccc1)C(=O)N/N=C\c1ccccc1. The first-order valence-corrected chi connectivity index (χ1v) is 7.23. The molecule has 2 aromatic carbocycles. The molecule has 1 atom stereocenters. The lowest BCUT2D eigenvalue weighted by Gasteiger charge is -2.08. The lowest BCUT2D eigenvalue weighted by atomic mass is 10.2. The Morgan fingerprint density at radius 3 is 2.35 bits per heavy atom. The molecule has 0 aliphatic carbocycles. The first kappa shape index (κ1) is 14.3. The average molecular weight is 284 g/mol. The summed E-state index contributed by atoms with van der Waals surface area (Å²) in [5, 5.41) is 3.78. The topological polar surface area (TPSA) is 41.5 Å². The highest BCUT2D eigenvalue weighted by molar-refractivity contribution is 8.00. The zero-order chi connectivity index (χ0) is 14.2. The quantitative estimate of drug-likeness (QED) is 0.520. The third kappa shape index (κ3) is 4.55. The maximum Gasteiger partial charge on any atom is 0.253 e. The Morgan fingerprint density at radius 2 is 1.70 bits per heavy atom. The first-order valence-electron chi connectivity index (χ1n) is 6.35. The second kappa shape index (κ2) is 7.50. The van der Waals surface area contributed by atoms with Gasteiger partial charge in [-0.15, -0.1) is 11.8 Å². The fourth-order valence-electron chi connectivity index (χ4n) is 1.56. The summed E-state index contributed by atoms with van der Waals surface area (Å²) in [4.78, 5) is 13.0. The van der Waals surface area contributed by atoms with Crippen molar-refractivity contribution in [2.45, 2.75) is 17.1 Å². The van der Waals surface area contributed by atoms with Crippen LogP contribution in [0.15, 0.2) is 70.7 Å². The fourth-order valence-corrected chi connectivity index (χ4v) is 2.44. The van der Waals surface area contributed by atoms with Crippen molar-refractivity contribution in [1.82, 2.24) is 5.43 Å². The van der Waals surface area contributed by atoms with Crippen molar-refractivity contribution in [3.63, 3.8) is 0 Å². The molecule has 20 heavy (non-hydrogen) atoms. The Hall–Kier alpha value is -2.07. The number of nitrogens with zero attached hydrogens (tertiary/aromatic N) is 1. The van der Waals surface area contributed by atoms with E-state index in [-0.39, 0.29) is 11.2 Å². The maximum absolute atomic E-state index is 11.9. The van der Waals surface area contributed by atoms with Crippen molar-refractivity contribution in [3.8, 4) is 0 Å². The van der Waals surface area contributed by atoms with Crippen LogP contribution in [0.3, 0.4) is 0 Å². The minimum Gasteiger partial charge on any atom is -0.272 e. The molecular weight excluding hydrogens is 268 g/mol. The van der Waals surface area contributed by atoms with E-state index in [0.29, 0.717) is 0 Å². The molecule has 2 aromatic rings. The summed E-state index contributed by atoms with van der Waals surface area (Å²) < 4.78 is 0. The zero-order valence-corrected chi connectivity index (χ0v) is 12.0. The number of carbonyl (C=O) groups is 1. The van der Waals surface area contributed by atoms with E-state index in [1.807, 2.05) is 67.6 Å². The number of hydrogen-bond acceptors (Lipinski definition) is 3. The Balaban J connectivity index is 1.84. The van der Waals surface area contributed by atoms with E-state index in [2.05, 4.69) is 10.5 Å². The van der Waals surface area contributed by atoms with Crippen LogP contribution >= 0.6 is 11.8 Å². The van der Waals surface area contributed by atoms with E-state index >= 15 is 0 Å². The van der Waals surface area contributed by atoms with Gasteiger partial charge in [-0.2, -0.15) is 5.10 Å². The van der Waals surface area contributed by atoms with Gasteiger partial charge in [-0.25, -0.2) is 5.43 Å². The lowest BCUT2D eigenvalue weighted by Crippen LogP contribution is -2.26. The van der Waals surface area contributed by atoms with Crippen LogP contribution < -0.4 is 5.43 Å². The predicted molar refractivity (Wildman–Crippen MR) is 83.9 cm³/mol. The average Bonchev–Trinajstić information content (AvgIpc) is 2.49. The van der Waals surface area contributed by atoms with Gasteiger partial charge in [-0.1, -0.05) is 48.5 Å². The van der Waals surface area contributed by atoms with Crippen molar-refractivity contribution >= 4 is 23.9 Å². The van der Waals surface area contributed by atoms with Crippen molar-refractivity contribution in [1.29, 1.82) is 0 Å². The molecule has 0 heterocycles. The summed E-state index contributed by atoms with van der Waals surface area (Å²) >= 11 is 1.51. The summed E-state index contributed by atoms with van der Waals surface area (Å²) in [6.45, 7) is 1.87. The first-order chi connectivity index (χ1) is 9.75. The highest BCUT2D eigenvalue weighted by Crippen LogP contribution is 2.22. The van der Waals surface area contributed by atoms with Crippen LogP contribution in [0.2, 0.25) is 0 Å². The van der Waals surface area contributed by atoms with Gasteiger partial charge in [0.2, 0.25) is 0 Å². The van der Waals surface area contributed by atoms with Crippen molar-refractivity contribution in [2.24, 2.45) is 5.10 Å². The molecular formula is C16H16N2OS. The van der Waals surface area contributed by atoms with Gasteiger partial charge in [0.05, 0.1) is 11.5 Å². The molecule has 1 N–H and O–H groups in total. The largest absolute Gasteiger partial charge is 0.272 e. The molecule has 0 radical (unpaired) electrons. The minimum atomic E-state index is -0.190. The molecule has 0 unspecified atom stereocenters. The molecule has 0 saturated heterocycles. The molecule has 0 aromatic heterocycles. The zero-order valence-electron chi connectivity index (χ0n) is 11.2. The van der Waals surface area contributed by atoms with Crippen LogP contribution in [0, 0.1) is 0 Å². The highest BCUT2D eigenvalue weighted by atomic mass is 32.2. The number of nitrogens with one attached hydrogen (secondary N) is 1. The van der Waals surface area contributed by atoms with Crippen LogP contribution in [-0.2, 0) is 4.79 Å². The van der Waals surface area contributed by atoms with Crippen LogP contribution in [0.4, 0.5) is 0 Å². The third-order valence-corrected chi connectivity index (χ3v) is 3.73. The van der Waals surface area contributed by atoms with Crippen molar-refractivity contribution < 1.29 is 4.79 Å². The normalized spacial score (nSPS) is 12.2. The van der Waals surface area contributed by atoms with Crippen LogP contribution in [0.25, 0.3) is 0 Å². The van der Waals surface area contributed by atoms with E-state index in [1.165, 1.54) is 11.8 Å². The summed E-state index contributed by atoms with van der Waals surface area (Å²) in [5.74, 6) is -0.106. The highest BCUT2D eigenvalue weighted by Gasteiger charge is 2.13. The molecule has 0 bridgehead atoms. The van der Waals surface area contributed by atoms with Gasteiger partial charge in [-0.3, -0.25) is 4.79 Å². The van der Waals surface area contributed by atoms with Gasteiger partial charge in [0.15, 0.2) is 0 Å². The molecule has 1 amide bonds. The second-order valence-electron chi connectivity index (χ2n) is 4.22. The minimum absolute atomic E-state index is 0.106. The fraction of sp³-hybridized carbons (Fsp3) is 0.125. The van der Waals surface area contributed by atoms with E-state index in [9.17, 15) is 4.79 Å². The number of rotatable bonds is 5. The third-order valence-electron chi connectivity index (χ3n) is 2.61. The van der Waals surface area contributed by atoms with Gasteiger partial charge >= 0.3 is 0 Å². The van der Waals surface area contributed by atoms with E-state index < -0.39 is 0 Å². The standard InChI is InChI=1S/C16H16N2OS/c1-13(20-15-10-6-3-7-11-15)16(19)18-17-12-14-8-4-2-5-9-14/h2-13H,1H3,(H,18,19)/b17-12-/t13-/m0/s1. The van der Waals surface area contributed by atoms with Gasteiger partial charge in [0.1, 0.15) is 0 Å². The smallest absolute Gasteiger partial charge is 0.253 e. The maximum atomic E-state index is 11.9. The monoisotopic (exact) mass is 284 g/mol. The van der Waals surface area contributed by atoms with Crippen LogP contribution in [-0.4, -0.2) is 17.4 Å². The Labute approximate surface area is 123 Å². The number of benzene rings is 2. The molecule has 3 nitrogen and oxygen atoms in total. The van der Waals surface area contributed by atoms with Crippen molar-refractivity contribution in [3.05, 3.63) is 66.2 Å². The molecule has 0 spiro atoms. The lowest BCUT2D eigenvalue weighted by molar-refractivity contribution is -0.120. The predicted octanol–water partition coefficient (Wildman–Crippen LogP) is 3.32. The molecule has 0 saturated carbocycles. The molecule has 0 aliphatic rings. The van der Waals surface area contributed by atoms with Gasteiger partial charge in [0, 0.05) is 4.90 Å². The number of amides is 1. The van der Waals surface area contributed by atoms with Crippen LogP contribution in [0.1, 0.15) is 12.5 Å². The van der Waals surface area contributed by atoms with E-state index in [1.54, 1.807) is 6.21 Å². The molecule has 4 heteroatoms.